The fourth-order valence-electron chi connectivity index (χ4n) is 3.79. The van der Waals surface area contributed by atoms with Crippen molar-refractivity contribution in [2.75, 3.05) is 0 Å². The van der Waals surface area contributed by atoms with Crippen molar-refractivity contribution in [1.29, 1.82) is 0 Å². The van der Waals surface area contributed by atoms with Crippen molar-refractivity contribution in [3.8, 4) is 0 Å². The Morgan fingerprint density at radius 2 is 1.28 bits per heavy atom. The quantitative estimate of drug-likeness (QED) is 0.299. The number of aromatic nitrogens is 1. The average Bonchev–Trinajstić information content (AvgIpc) is 2.68. The molecule has 1 heteroatoms. The van der Waals surface area contributed by atoms with Crippen LogP contribution in [0.3, 0.4) is 0 Å². The van der Waals surface area contributed by atoms with Gasteiger partial charge in [0.2, 0.25) is 5.52 Å². The molecule has 118 valence electrons. The van der Waals surface area contributed by atoms with Crippen LogP contribution in [0.25, 0.3) is 32.4 Å². The topological polar surface area (TPSA) is 3.88 Å². The molecule has 0 amide bonds. The maximum absolute atomic E-state index is 2.33. The summed E-state index contributed by atoms with van der Waals surface area (Å²) < 4.78 is 2.33. The first-order valence-electron chi connectivity index (χ1n) is 8.67. The van der Waals surface area contributed by atoms with Crippen LogP contribution >= 0.6 is 0 Å². The standard InChI is InChI=1S/C24H18N/c1-3-11-21-18(7-1)14-15-22-20(9-5-12-23(21)22)17-25-16-6-10-19-8-2-4-13-24(19)25/h1-16H,17H2/q+1. The number of benzene rings is 4. The van der Waals surface area contributed by atoms with Crippen LogP contribution in [-0.2, 0) is 6.54 Å². The van der Waals surface area contributed by atoms with E-state index >= 15 is 0 Å². The zero-order valence-corrected chi connectivity index (χ0v) is 13.9. The molecule has 0 saturated heterocycles. The van der Waals surface area contributed by atoms with E-state index in [1.54, 1.807) is 0 Å². The van der Waals surface area contributed by atoms with Gasteiger partial charge in [0.1, 0.15) is 0 Å². The van der Waals surface area contributed by atoms with Gasteiger partial charge in [-0.2, -0.15) is 4.57 Å². The highest BCUT2D eigenvalue weighted by Crippen LogP contribution is 2.27. The molecule has 0 spiro atoms. The monoisotopic (exact) mass is 320 g/mol. The molecule has 1 heterocycles. The lowest BCUT2D eigenvalue weighted by molar-refractivity contribution is -0.662. The second-order valence-electron chi connectivity index (χ2n) is 6.49. The van der Waals surface area contributed by atoms with Gasteiger partial charge in [-0.15, -0.1) is 0 Å². The first kappa shape index (κ1) is 14.2. The van der Waals surface area contributed by atoms with Gasteiger partial charge < -0.3 is 0 Å². The van der Waals surface area contributed by atoms with Crippen molar-refractivity contribution in [2.24, 2.45) is 0 Å². The first-order valence-corrected chi connectivity index (χ1v) is 8.67. The first-order chi connectivity index (χ1) is 12.4. The van der Waals surface area contributed by atoms with E-state index in [1.165, 1.54) is 38.0 Å². The molecular formula is C24H18N+. The summed E-state index contributed by atoms with van der Waals surface area (Å²) in [6.45, 7) is 0.872. The van der Waals surface area contributed by atoms with Gasteiger partial charge in [0.15, 0.2) is 12.7 Å². The third-order valence-electron chi connectivity index (χ3n) is 5.01. The number of hydrogen-bond acceptors (Lipinski definition) is 0. The van der Waals surface area contributed by atoms with Crippen LogP contribution in [0.5, 0.6) is 0 Å². The number of fused-ring (bicyclic) bond motifs is 4. The molecule has 0 unspecified atom stereocenters. The Kier molecular flexibility index (Phi) is 3.24. The normalized spacial score (nSPS) is 11.4. The molecule has 1 aromatic heterocycles. The number of hydrogen-bond donors (Lipinski definition) is 0. The summed E-state index contributed by atoms with van der Waals surface area (Å²) in [7, 11) is 0. The molecule has 1 nitrogen and oxygen atoms in total. The van der Waals surface area contributed by atoms with Gasteiger partial charge in [0, 0.05) is 23.1 Å². The van der Waals surface area contributed by atoms with Crippen LogP contribution in [0, 0.1) is 0 Å². The predicted octanol–water partition coefficient (Wildman–Crippen LogP) is 5.48. The largest absolute Gasteiger partial charge is 0.212 e. The second-order valence-corrected chi connectivity index (χ2v) is 6.49. The van der Waals surface area contributed by atoms with Gasteiger partial charge in [0.25, 0.3) is 0 Å². The minimum atomic E-state index is 0.872. The van der Waals surface area contributed by atoms with Crippen LogP contribution in [0.15, 0.2) is 97.2 Å². The summed E-state index contributed by atoms with van der Waals surface area (Å²) in [6.07, 6.45) is 2.17. The van der Waals surface area contributed by atoms with Crippen molar-refractivity contribution in [3.63, 3.8) is 0 Å². The fourth-order valence-corrected chi connectivity index (χ4v) is 3.79. The Labute approximate surface area is 146 Å². The molecule has 0 aliphatic heterocycles. The van der Waals surface area contributed by atoms with Crippen LogP contribution in [0.2, 0.25) is 0 Å². The number of rotatable bonds is 2. The Hall–Kier alpha value is -3.19. The third-order valence-corrected chi connectivity index (χ3v) is 5.01. The maximum atomic E-state index is 2.33. The van der Waals surface area contributed by atoms with Crippen molar-refractivity contribution in [2.45, 2.75) is 6.54 Å². The second kappa shape index (κ2) is 5.71. The molecule has 0 bridgehead atoms. The molecule has 0 fully saturated rings. The minimum Gasteiger partial charge on any atom is -0.194 e. The molecule has 4 aromatic carbocycles. The minimum absolute atomic E-state index is 0.872. The summed E-state index contributed by atoms with van der Waals surface area (Å²) in [5, 5.41) is 6.56. The number of nitrogens with zero attached hydrogens (tertiary/aromatic N) is 1. The Bertz CT molecular complexity index is 1220. The predicted molar refractivity (Wildman–Crippen MR) is 105 cm³/mol. The molecular weight excluding hydrogens is 302 g/mol. The Morgan fingerprint density at radius 1 is 0.520 bits per heavy atom. The van der Waals surface area contributed by atoms with Crippen LogP contribution in [0.4, 0.5) is 0 Å². The summed E-state index contributed by atoms with van der Waals surface area (Å²) in [6, 6.07) is 32.6. The van der Waals surface area contributed by atoms with E-state index in [1.807, 2.05) is 0 Å². The number of para-hydroxylation sites is 1. The Morgan fingerprint density at radius 3 is 2.24 bits per heavy atom. The van der Waals surface area contributed by atoms with Crippen molar-refractivity contribution in [1.82, 2.24) is 0 Å². The molecule has 0 N–H and O–H groups in total. The summed E-state index contributed by atoms with van der Waals surface area (Å²) >= 11 is 0. The van der Waals surface area contributed by atoms with E-state index in [9.17, 15) is 0 Å². The van der Waals surface area contributed by atoms with Crippen LogP contribution in [-0.4, -0.2) is 0 Å². The summed E-state index contributed by atoms with van der Waals surface area (Å²) in [5.74, 6) is 0. The SMILES string of the molecule is c1ccc2c(c1)ccc1c(C[n+]3cccc4ccccc43)cccc12. The van der Waals surface area contributed by atoms with E-state index < -0.39 is 0 Å². The lowest BCUT2D eigenvalue weighted by Gasteiger charge is -2.08. The van der Waals surface area contributed by atoms with Gasteiger partial charge in [-0.1, -0.05) is 66.7 Å². The van der Waals surface area contributed by atoms with E-state index in [2.05, 4.69) is 102 Å². The molecule has 0 aliphatic carbocycles. The highest BCUT2D eigenvalue weighted by Gasteiger charge is 2.11. The van der Waals surface area contributed by atoms with Gasteiger partial charge >= 0.3 is 0 Å². The van der Waals surface area contributed by atoms with Crippen molar-refractivity contribution in [3.05, 3.63) is 103 Å². The Balaban J connectivity index is 1.72. The van der Waals surface area contributed by atoms with Gasteiger partial charge in [0.05, 0.1) is 0 Å². The van der Waals surface area contributed by atoms with E-state index in [4.69, 9.17) is 0 Å². The van der Waals surface area contributed by atoms with Crippen molar-refractivity contribution >= 4 is 32.4 Å². The summed E-state index contributed by atoms with van der Waals surface area (Å²) in [4.78, 5) is 0. The van der Waals surface area contributed by atoms with E-state index in [0.717, 1.165) is 6.54 Å². The molecule has 5 rings (SSSR count). The fraction of sp³-hybridized carbons (Fsp3) is 0.0417. The van der Waals surface area contributed by atoms with Gasteiger partial charge in [-0.05, 0) is 33.7 Å². The van der Waals surface area contributed by atoms with Gasteiger partial charge in [-0.3, -0.25) is 0 Å². The zero-order valence-electron chi connectivity index (χ0n) is 13.9. The summed E-state index contributed by atoms with van der Waals surface area (Å²) in [5.41, 5.74) is 2.62. The van der Waals surface area contributed by atoms with Crippen LogP contribution < -0.4 is 4.57 Å². The maximum Gasteiger partial charge on any atom is 0.212 e. The molecule has 0 saturated carbocycles. The third kappa shape index (κ3) is 2.36. The average molecular weight is 320 g/mol. The van der Waals surface area contributed by atoms with Crippen LogP contribution in [0.1, 0.15) is 5.56 Å². The van der Waals surface area contributed by atoms with E-state index in [0.29, 0.717) is 0 Å². The number of pyridine rings is 1. The zero-order chi connectivity index (χ0) is 16.6. The molecule has 0 aliphatic rings. The highest BCUT2D eigenvalue weighted by atomic mass is 14.9. The lowest BCUT2D eigenvalue weighted by Crippen LogP contribution is -2.34. The van der Waals surface area contributed by atoms with Crippen molar-refractivity contribution < 1.29 is 4.57 Å². The van der Waals surface area contributed by atoms with Gasteiger partial charge in [-0.25, -0.2) is 0 Å². The lowest BCUT2D eigenvalue weighted by atomic mass is 9.98. The smallest absolute Gasteiger partial charge is 0.194 e. The molecule has 5 aromatic rings. The molecule has 0 radical (unpaired) electrons. The highest BCUT2D eigenvalue weighted by molar-refractivity contribution is 6.08. The van der Waals surface area contributed by atoms with E-state index in [-0.39, 0.29) is 0 Å². The molecule has 0 atom stereocenters. The molecule has 25 heavy (non-hydrogen) atoms.